The molecular weight excluding hydrogens is 234 g/mol. The minimum Gasteiger partial charge on any atom is -0.466 e. The van der Waals surface area contributed by atoms with E-state index in [2.05, 4.69) is 0 Å². The van der Waals surface area contributed by atoms with Crippen LogP contribution in [0.4, 0.5) is 0 Å². The molecule has 0 aliphatic rings. The van der Waals surface area contributed by atoms with Crippen LogP contribution in [-0.4, -0.2) is 25.2 Å². The topological polar surface area (TPSA) is 76.4 Å². The molecule has 2 atom stereocenters. The Morgan fingerprint density at radius 2 is 1.72 bits per heavy atom. The van der Waals surface area contributed by atoms with Gasteiger partial charge in [0.05, 0.1) is 25.2 Å². The molecule has 18 heavy (non-hydrogen) atoms. The molecule has 102 valence electrons. The van der Waals surface area contributed by atoms with Crippen LogP contribution in [0.2, 0.25) is 0 Å². The average molecular weight is 255 g/mol. The fourth-order valence-electron chi connectivity index (χ4n) is 1.93. The Morgan fingerprint density at radius 1 is 1.22 bits per heavy atom. The Hall–Kier alpha value is -1.57. The molecule has 5 heteroatoms. The number of nitriles is 1. The molecule has 5 nitrogen and oxygen atoms in total. The van der Waals surface area contributed by atoms with E-state index in [-0.39, 0.29) is 19.1 Å². The lowest BCUT2D eigenvalue weighted by Gasteiger charge is -2.30. The average Bonchev–Trinajstić information content (AvgIpc) is 2.28. The van der Waals surface area contributed by atoms with Crippen molar-refractivity contribution in [2.45, 2.75) is 34.6 Å². The first-order valence-corrected chi connectivity index (χ1v) is 6.10. The summed E-state index contributed by atoms with van der Waals surface area (Å²) in [6.45, 7) is 8.70. The van der Waals surface area contributed by atoms with Gasteiger partial charge in [-0.3, -0.25) is 9.59 Å². The van der Waals surface area contributed by atoms with Crippen LogP contribution in [0.1, 0.15) is 34.6 Å². The highest BCUT2D eigenvalue weighted by Gasteiger charge is 2.49. The quantitative estimate of drug-likeness (QED) is 0.678. The van der Waals surface area contributed by atoms with Gasteiger partial charge in [-0.2, -0.15) is 5.26 Å². The minimum atomic E-state index is -1.52. The molecule has 0 aliphatic heterocycles. The van der Waals surface area contributed by atoms with Gasteiger partial charge in [-0.15, -0.1) is 0 Å². The lowest BCUT2D eigenvalue weighted by molar-refractivity contribution is -0.166. The van der Waals surface area contributed by atoms with Crippen molar-refractivity contribution in [3.63, 3.8) is 0 Å². The number of hydrogen-bond acceptors (Lipinski definition) is 5. The zero-order valence-electron chi connectivity index (χ0n) is 11.6. The van der Waals surface area contributed by atoms with Crippen molar-refractivity contribution in [3.05, 3.63) is 0 Å². The Labute approximate surface area is 108 Å². The van der Waals surface area contributed by atoms with Crippen molar-refractivity contribution in [2.75, 3.05) is 13.2 Å². The maximum atomic E-state index is 11.9. The van der Waals surface area contributed by atoms with E-state index in [0.29, 0.717) is 0 Å². The number of carbonyl (C=O) groups excluding carboxylic acids is 2. The van der Waals surface area contributed by atoms with E-state index in [1.165, 1.54) is 6.92 Å². The van der Waals surface area contributed by atoms with Gasteiger partial charge in [-0.05, 0) is 26.7 Å². The molecule has 0 aromatic heterocycles. The zero-order chi connectivity index (χ0) is 14.3. The van der Waals surface area contributed by atoms with Crippen molar-refractivity contribution in [3.8, 4) is 6.07 Å². The summed E-state index contributed by atoms with van der Waals surface area (Å²) in [6.07, 6.45) is 0. The van der Waals surface area contributed by atoms with E-state index in [1.54, 1.807) is 27.7 Å². The van der Waals surface area contributed by atoms with Gasteiger partial charge in [-0.25, -0.2) is 0 Å². The molecule has 0 saturated heterocycles. The van der Waals surface area contributed by atoms with E-state index in [0.717, 1.165) is 0 Å². The van der Waals surface area contributed by atoms with Gasteiger partial charge < -0.3 is 9.47 Å². The highest BCUT2D eigenvalue weighted by Crippen LogP contribution is 2.35. The van der Waals surface area contributed by atoms with Gasteiger partial charge in [0.25, 0.3) is 0 Å². The number of nitrogens with zero attached hydrogens (tertiary/aromatic N) is 1. The Bertz CT molecular complexity index is 345. The summed E-state index contributed by atoms with van der Waals surface area (Å²) < 4.78 is 9.83. The fraction of sp³-hybridized carbons (Fsp3) is 0.769. The molecule has 0 saturated carbocycles. The normalized spacial score (nSPS) is 15.4. The summed E-state index contributed by atoms with van der Waals surface area (Å²) in [5.41, 5.74) is -1.52. The Kier molecular flexibility index (Phi) is 6.39. The molecule has 0 aromatic carbocycles. The van der Waals surface area contributed by atoms with E-state index < -0.39 is 23.3 Å². The summed E-state index contributed by atoms with van der Waals surface area (Å²) in [6, 6.07) is 1.91. The Morgan fingerprint density at radius 3 is 2.06 bits per heavy atom. The number of ether oxygens (including phenoxy) is 2. The first-order chi connectivity index (χ1) is 8.34. The lowest BCUT2D eigenvalue weighted by Crippen LogP contribution is -2.43. The molecule has 0 radical (unpaired) electrons. The molecule has 0 heterocycles. The van der Waals surface area contributed by atoms with Gasteiger partial charge in [-0.1, -0.05) is 13.8 Å². The van der Waals surface area contributed by atoms with E-state index in [9.17, 15) is 14.9 Å². The summed E-state index contributed by atoms with van der Waals surface area (Å²) >= 11 is 0. The monoisotopic (exact) mass is 255 g/mol. The summed E-state index contributed by atoms with van der Waals surface area (Å²) in [5.74, 6) is -2.25. The fourth-order valence-corrected chi connectivity index (χ4v) is 1.93. The van der Waals surface area contributed by atoms with Gasteiger partial charge in [0.2, 0.25) is 0 Å². The predicted octanol–water partition coefficient (Wildman–Crippen LogP) is 1.91. The van der Waals surface area contributed by atoms with Crippen LogP contribution in [-0.2, 0) is 19.1 Å². The van der Waals surface area contributed by atoms with Gasteiger partial charge in [0.1, 0.15) is 0 Å². The maximum absolute atomic E-state index is 11.9. The van der Waals surface area contributed by atoms with E-state index >= 15 is 0 Å². The predicted molar refractivity (Wildman–Crippen MR) is 65.3 cm³/mol. The summed E-state index contributed by atoms with van der Waals surface area (Å²) in [5, 5.41) is 9.26. The molecule has 0 rings (SSSR count). The SMILES string of the molecule is CCOC(=O)C(C(C)C)C(C)(C#N)C(=O)OCC. The molecule has 0 amide bonds. The highest BCUT2D eigenvalue weighted by molar-refractivity contribution is 5.87. The van der Waals surface area contributed by atoms with Crippen LogP contribution >= 0.6 is 0 Å². The third-order valence-electron chi connectivity index (χ3n) is 2.76. The largest absolute Gasteiger partial charge is 0.466 e. The van der Waals surface area contributed by atoms with Crippen LogP contribution in [0.3, 0.4) is 0 Å². The number of hydrogen-bond donors (Lipinski definition) is 0. The van der Waals surface area contributed by atoms with Crippen LogP contribution in [0.25, 0.3) is 0 Å². The van der Waals surface area contributed by atoms with Crippen LogP contribution in [0, 0.1) is 28.6 Å². The third kappa shape index (κ3) is 3.46. The van der Waals surface area contributed by atoms with Crippen LogP contribution in [0.5, 0.6) is 0 Å². The minimum absolute atomic E-state index is 0.170. The standard InChI is InChI=1S/C13H21NO4/c1-6-17-11(15)10(9(3)4)13(5,8-14)12(16)18-7-2/h9-10H,6-7H2,1-5H3. The van der Waals surface area contributed by atoms with Crippen molar-refractivity contribution in [1.29, 1.82) is 5.26 Å². The summed E-state index contributed by atoms with van der Waals surface area (Å²) in [4.78, 5) is 23.8. The maximum Gasteiger partial charge on any atom is 0.327 e. The molecule has 0 bridgehead atoms. The van der Waals surface area contributed by atoms with E-state index in [1.807, 2.05) is 6.07 Å². The molecule has 2 unspecified atom stereocenters. The van der Waals surface area contributed by atoms with E-state index in [4.69, 9.17) is 9.47 Å². The molecule has 0 aromatic rings. The van der Waals surface area contributed by atoms with Crippen molar-refractivity contribution in [2.24, 2.45) is 17.3 Å². The molecule has 0 N–H and O–H groups in total. The lowest BCUT2D eigenvalue weighted by atomic mass is 9.72. The van der Waals surface area contributed by atoms with Crippen LogP contribution < -0.4 is 0 Å². The number of rotatable bonds is 6. The molecule has 0 fully saturated rings. The molecule has 0 spiro atoms. The van der Waals surface area contributed by atoms with Crippen molar-refractivity contribution in [1.82, 2.24) is 0 Å². The highest BCUT2D eigenvalue weighted by atomic mass is 16.5. The number of carbonyl (C=O) groups is 2. The third-order valence-corrected chi connectivity index (χ3v) is 2.76. The van der Waals surface area contributed by atoms with Crippen molar-refractivity contribution >= 4 is 11.9 Å². The smallest absolute Gasteiger partial charge is 0.327 e. The number of esters is 2. The summed E-state index contributed by atoms with van der Waals surface area (Å²) in [7, 11) is 0. The van der Waals surface area contributed by atoms with Gasteiger partial charge in [0.15, 0.2) is 5.41 Å². The second-order valence-corrected chi connectivity index (χ2v) is 4.51. The first kappa shape index (κ1) is 16.4. The second-order valence-electron chi connectivity index (χ2n) is 4.51. The second kappa shape index (κ2) is 7.00. The molecule has 0 aliphatic carbocycles. The van der Waals surface area contributed by atoms with Crippen molar-refractivity contribution < 1.29 is 19.1 Å². The zero-order valence-corrected chi connectivity index (χ0v) is 11.6. The van der Waals surface area contributed by atoms with Gasteiger partial charge >= 0.3 is 11.9 Å². The Balaban J connectivity index is 5.35. The first-order valence-electron chi connectivity index (χ1n) is 6.10. The molecular formula is C13H21NO4. The van der Waals surface area contributed by atoms with Gasteiger partial charge in [0, 0.05) is 0 Å². The van der Waals surface area contributed by atoms with Crippen LogP contribution in [0.15, 0.2) is 0 Å².